The maximum atomic E-state index is 13.3. The van der Waals surface area contributed by atoms with Gasteiger partial charge in [-0.05, 0) is 60.5 Å². The summed E-state index contributed by atoms with van der Waals surface area (Å²) in [5.41, 5.74) is 0.592. The summed E-state index contributed by atoms with van der Waals surface area (Å²) in [4.78, 5) is 14.6. The summed E-state index contributed by atoms with van der Waals surface area (Å²) >= 11 is 5.81. The molecule has 1 aliphatic heterocycles. The number of benzene rings is 2. The van der Waals surface area contributed by atoms with E-state index in [1.807, 2.05) is 0 Å². The zero-order valence-electron chi connectivity index (χ0n) is 17.1. The Morgan fingerprint density at radius 1 is 1.06 bits per heavy atom. The summed E-state index contributed by atoms with van der Waals surface area (Å²) in [7, 11) is -7.33. The highest BCUT2D eigenvalue weighted by atomic mass is 35.5. The highest BCUT2D eigenvalue weighted by Gasteiger charge is 2.36. The predicted octanol–water partition coefficient (Wildman–Crippen LogP) is 3.73. The van der Waals surface area contributed by atoms with E-state index < -0.39 is 42.5 Å². The van der Waals surface area contributed by atoms with Crippen molar-refractivity contribution in [3.63, 3.8) is 0 Å². The Bertz CT molecular complexity index is 1380. The van der Waals surface area contributed by atoms with E-state index in [1.54, 1.807) is 0 Å². The van der Waals surface area contributed by atoms with Crippen LogP contribution < -0.4 is 0 Å². The van der Waals surface area contributed by atoms with Gasteiger partial charge in [0.05, 0.1) is 16.4 Å². The lowest BCUT2D eigenvalue weighted by Gasteiger charge is -2.27. The molecule has 1 aliphatic rings. The summed E-state index contributed by atoms with van der Waals surface area (Å²) in [6.07, 6.45) is 0.242. The van der Waals surface area contributed by atoms with Gasteiger partial charge >= 0.3 is 0 Å². The van der Waals surface area contributed by atoms with Crippen molar-refractivity contribution in [2.75, 3.05) is 11.5 Å². The topological polar surface area (TPSA) is 102 Å². The molecule has 0 spiro atoms. The largest absolute Gasteiger partial charge is 0.439 e. The van der Waals surface area contributed by atoms with Crippen LogP contribution in [0.5, 0.6) is 0 Å². The molecule has 0 aliphatic carbocycles. The minimum atomic E-state index is -4.03. The normalized spacial score (nSPS) is 17.7. The SMILES string of the molecule is O=C(c1ccc(S(=O)(=O)c2ccc(Cl)cc2)o1)N(Cc1ccc(F)cc1)[C@@H]1CCS(=O)(=O)C1. The number of carbonyl (C=O) groups excluding carboxylic acids is 1. The van der Waals surface area contributed by atoms with Crippen LogP contribution in [0.4, 0.5) is 4.39 Å². The first kappa shape index (κ1) is 23.5. The van der Waals surface area contributed by atoms with Gasteiger partial charge in [0.25, 0.3) is 5.91 Å². The quantitative estimate of drug-likeness (QED) is 0.499. The van der Waals surface area contributed by atoms with Gasteiger partial charge in [-0.15, -0.1) is 0 Å². The maximum Gasteiger partial charge on any atom is 0.290 e. The molecule has 1 atom stereocenters. The van der Waals surface area contributed by atoms with Gasteiger partial charge in [-0.3, -0.25) is 4.79 Å². The van der Waals surface area contributed by atoms with Crippen molar-refractivity contribution in [1.82, 2.24) is 4.90 Å². The van der Waals surface area contributed by atoms with Crippen molar-refractivity contribution in [2.45, 2.75) is 29.0 Å². The molecule has 4 rings (SSSR count). The maximum absolute atomic E-state index is 13.3. The summed E-state index contributed by atoms with van der Waals surface area (Å²) in [6.45, 7) is 0.0132. The second-order valence-electron chi connectivity index (χ2n) is 7.69. The summed E-state index contributed by atoms with van der Waals surface area (Å²) in [5.74, 6) is -1.61. The molecule has 3 aromatic rings. The van der Waals surface area contributed by atoms with Crippen LogP contribution in [0.15, 0.2) is 75.1 Å². The molecule has 0 N–H and O–H groups in total. The van der Waals surface area contributed by atoms with Gasteiger partial charge in [0.15, 0.2) is 15.6 Å². The van der Waals surface area contributed by atoms with Crippen molar-refractivity contribution in [2.24, 2.45) is 0 Å². The highest BCUT2D eigenvalue weighted by molar-refractivity contribution is 7.91. The first-order valence-electron chi connectivity index (χ1n) is 9.91. The van der Waals surface area contributed by atoms with Crippen molar-refractivity contribution in [3.8, 4) is 0 Å². The summed E-state index contributed by atoms with van der Waals surface area (Å²) in [6, 6.07) is 12.8. The van der Waals surface area contributed by atoms with Crippen molar-refractivity contribution >= 4 is 37.2 Å². The number of hydrogen-bond acceptors (Lipinski definition) is 6. The monoisotopic (exact) mass is 511 g/mol. The highest BCUT2D eigenvalue weighted by Crippen LogP contribution is 2.27. The van der Waals surface area contributed by atoms with Crippen molar-refractivity contribution in [1.29, 1.82) is 0 Å². The zero-order chi connectivity index (χ0) is 23.8. The Morgan fingerprint density at radius 3 is 2.33 bits per heavy atom. The zero-order valence-corrected chi connectivity index (χ0v) is 19.5. The van der Waals surface area contributed by atoms with Crippen LogP contribution >= 0.6 is 11.6 Å². The van der Waals surface area contributed by atoms with E-state index in [2.05, 4.69) is 0 Å². The minimum absolute atomic E-state index is 0.0132. The molecule has 0 unspecified atom stereocenters. The second kappa shape index (κ2) is 8.92. The number of furan rings is 1. The van der Waals surface area contributed by atoms with E-state index >= 15 is 0 Å². The lowest BCUT2D eigenvalue weighted by atomic mass is 10.1. The van der Waals surface area contributed by atoms with Gasteiger partial charge in [-0.1, -0.05) is 23.7 Å². The third kappa shape index (κ3) is 5.13. The van der Waals surface area contributed by atoms with E-state index in [9.17, 15) is 26.0 Å². The standard InChI is InChI=1S/C22H19ClFNO6S2/c23-16-3-7-19(8-4-16)33(29,30)21-10-9-20(31-21)22(26)25(18-11-12-32(27,28)14-18)13-15-1-5-17(24)6-2-15/h1-10,18H,11-14H2/t18-/m1/s1. The van der Waals surface area contributed by atoms with Gasteiger partial charge in [0.2, 0.25) is 14.9 Å². The molecule has 1 fully saturated rings. The fourth-order valence-electron chi connectivity index (χ4n) is 3.63. The second-order valence-corrected chi connectivity index (χ2v) is 12.2. The van der Waals surface area contributed by atoms with Crippen LogP contribution in [0.1, 0.15) is 22.5 Å². The average molecular weight is 512 g/mol. The van der Waals surface area contributed by atoms with Crippen LogP contribution in [0, 0.1) is 5.82 Å². The van der Waals surface area contributed by atoms with Gasteiger partial charge in [-0.25, -0.2) is 21.2 Å². The smallest absolute Gasteiger partial charge is 0.290 e. The molecule has 0 radical (unpaired) electrons. The molecule has 1 saturated heterocycles. The van der Waals surface area contributed by atoms with Crippen molar-refractivity contribution in [3.05, 3.63) is 82.8 Å². The van der Waals surface area contributed by atoms with Crippen LogP contribution in [0.25, 0.3) is 0 Å². The molecule has 2 aromatic carbocycles. The van der Waals surface area contributed by atoms with Gasteiger partial charge in [-0.2, -0.15) is 0 Å². The number of hydrogen-bond donors (Lipinski definition) is 0. The number of sulfone groups is 2. The molecule has 0 bridgehead atoms. The predicted molar refractivity (Wildman–Crippen MR) is 119 cm³/mol. The molecular weight excluding hydrogens is 493 g/mol. The fraction of sp³-hybridized carbons (Fsp3) is 0.227. The van der Waals surface area contributed by atoms with E-state index in [1.165, 1.54) is 65.6 Å². The number of halogens is 2. The van der Waals surface area contributed by atoms with E-state index in [0.717, 1.165) is 0 Å². The van der Waals surface area contributed by atoms with E-state index in [0.29, 0.717) is 10.6 Å². The molecule has 1 aromatic heterocycles. The van der Waals surface area contributed by atoms with Crippen molar-refractivity contribution < 1.29 is 30.4 Å². The van der Waals surface area contributed by atoms with Crippen LogP contribution in [-0.4, -0.2) is 45.2 Å². The molecule has 0 saturated carbocycles. The molecule has 7 nitrogen and oxygen atoms in total. The molecular formula is C22H19ClFNO6S2. The van der Waals surface area contributed by atoms with Crippen LogP contribution in [0.2, 0.25) is 5.02 Å². The molecule has 1 amide bonds. The Morgan fingerprint density at radius 2 is 1.73 bits per heavy atom. The Balaban J connectivity index is 1.64. The lowest BCUT2D eigenvalue weighted by molar-refractivity contribution is 0.0642. The van der Waals surface area contributed by atoms with Gasteiger partial charge in [0.1, 0.15) is 5.82 Å². The van der Waals surface area contributed by atoms with Gasteiger partial charge < -0.3 is 9.32 Å². The van der Waals surface area contributed by atoms with Crippen LogP contribution in [0.3, 0.4) is 0 Å². The van der Waals surface area contributed by atoms with E-state index in [4.69, 9.17) is 16.0 Å². The lowest BCUT2D eigenvalue weighted by Crippen LogP contribution is -2.40. The summed E-state index contributed by atoms with van der Waals surface area (Å²) in [5, 5.41) is -0.0545. The Kier molecular flexibility index (Phi) is 6.35. The molecule has 33 heavy (non-hydrogen) atoms. The third-order valence-corrected chi connectivity index (χ3v) is 9.00. The number of rotatable bonds is 6. The first-order valence-corrected chi connectivity index (χ1v) is 13.6. The average Bonchev–Trinajstić information content (AvgIpc) is 3.40. The number of amides is 1. The first-order chi connectivity index (χ1) is 15.5. The fourth-order valence-corrected chi connectivity index (χ4v) is 6.66. The Hall–Kier alpha value is -2.69. The van der Waals surface area contributed by atoms with Gasteiger partial charge in [0, 0.05) is 17.6 Å². The summed E-state index contributed by atoms with van der Waals surface area (Å²) < 4.78 is 68.4. The Labute approximate surface area is 195 Å². The minimum Gasteiger partial charge on any atom is -0.439 e. The van der Waals surface area contributed by atoms with Crippen LogP contribution in [-0.2, 0) is 26.2 Å². The van der Waals surface area contributed by atoms with E-state index in [-0.39, 0.29) is 35.1 Å². The molecule has 174 valence electrons. The molecule has 11 heteroatoms. The number of nitrogens with zero attached hydrogens (tertiary/aromatic N) is 1. The molecule has 2 heterocycles. The number of carbonyl (C=O) groups is 1. The third-order valence-electron chi connectivity index (χ3n) is 5.36.